The summed E-state index contributed by atoms with van der Waals surface area (Å²) in [6.07, 6.45) is 2.66. The van der Waals surface area contributed by atoms with Crippen molar-refractivity contribution in [1.82, 2.24) is 10.2 Å². The molecule has 0 spiro atoms. The van der Waals surface area contributed by atoms with E-state index < -0.39 is 0 Å². The molecule has 2 nitrogen and oxygen atoms in total. The van der Waals surface area contributed by atoms with Gasteiger partial charge in [0.05, 0.1) is 0 Å². The van der Waals surface area contributed by atoms with Crippen LogP contribution in [0.4, 0.5) is 0 Å². The van der Waals surface area contributed by atoms with E-state index in [9.17, 15) is 0 Å². The van der Waals surface area contributed by atoms with Crippen LogP contribution in [0.2, 0.25) is 0 Å². The Kier molecular flexibility index (Phi) is 7.12. The molecule has 1 aromatic rings. The average molecular weight is 275 g/mol. The maximum atomic E-state index is 3.57. The molecule has 1 aliphatic heterocycles. The number of thiophene rings is 1. The van der Waals surface area contributed by atoms with Crippen molar-refractivity contribution in [2.24, 2.45) is 5.92 Å². The molecule has 1 atom stereocenters. The highest BCUT2D eigenvalue weighted by molar-refractivity contribution is 7.07. The second-order valence-electron chi connectivity index (χ2n) is 4.72. The highest BCUT2D eigenvalue weighted by Gasteiger charge is 2.20. The van der Waals surface area contributed by atoms with Crippen LogP contribution in [-0.2, 0) is 6.54 Å². The molecule has 2 rings (SSSR count). The van der Waals surface area contributed by atoms with Crippen LogP contribution in [0.25, 0.3) is 0 Å². The Morgan fingerprint density at radius 2 is 2.41 bits per heavy atom. The van der Waals surface area contributed by atoms with Gasteiger partial charge in [-0.1, -0.05) is 6.92 Å². The van der Waals surface area contributed by atoms with Crippen LogP contribution in [0.3, 0.4) is 0 Å². The fourth-order valence-corrected chi connectivity index (χ4v) is 3.08. The molecule has 4 heteroatoms. The van der Waals surface area contributed by atoms with Crippen molar-refractivity contribution in [3.8, 4) is 0 Å². The minimum absolute atomic E-state index is 0. The van der Waals surface area contributed by atoms with Gasteiger partial charge in [0, 0.05) is 13.1 Å². The zero-order valence-corrected chi connectivity index (χ0v) is 12.2. The second-order valence-corrected chi connectivity index (χ2v) is 5.50. The molecule has 0 amide bonds. The van der Waals surface area contributed by atoms with Crippen molar-refractivity contribution >= 4 is 23.7 Å². The van der Waals surface area contributed by atoms with Crippen LogP contribution >= 0.6 is 23.7 Å². The molecule has 1 saturated heterocycles. The van der Waals surface area contributed by atoms with E-state index in [4.69, 9.17) is 0 Å². The van der Waals surface area contributed by atoms with Crippen LogP contribution in [0.1, 0.15) is 25.3 Å². The Balaban J connectivity index is 0.00000144. The number of hydrogen-bond donors (Lipinski definition) is 1. The van der Waals surface area contributed by atoms with Crippen molar-refractivity contribution in [3.05, 3.63) is 22.4 Å². The predicted molar refractivity (Wildman–Crippen MR) is 78.1 cm³/mol. The highest BCUT2D eigenvalue weighted by Crippen LogP contribution is 2.15. The molecule has 0 bridgehead atoms. The zero-order chi connectivity index (χ0) is 11.2. The summed E-state index contributed by atoms with van der Waals surface area (Å²) >= 11 is 1.78. The SMILES string of the molecule is CCCN1CCC(CNCc2ccsc2)C1.Cl. The van der Waals surface area contributed by atoms with E-state index in [1.165, 1.54) is 44.6 Å². The second kappa shape index (κ2) is 8.09. The molecule has 17 heavy (non-hydrogen) atoms. The normalized spacial score (nSPS) is 20.4. The Labute approximate surface area is 115 Å². The van der Waals surface area contributed by atoms with Crippen LogP contribution in [0.15, 0.2) is 16.8 Å². The Morgan fingerprint density at radius 1 is 1.53 bits per heavy atom. The smallest absolute Gasteiger partial charge is 0.0213 e. The van der Waals surface area contributed by atoms with E-state index in [-0.39, 0.29) is 12.4 Å². The topological polar surface area (TPSA) is 15.3 Å². The van der Waals surface area contributed by atoms with E-state index in [2.05, 4.69) is 34.0 Å². The number of halogens is 1. The fourth-order valence-electron chi connectivity index (χ4n) is 2.41. The van der Waals surface area contributed by atoms with Gasteiger partial charge >= 0.3 is 0 Å². The summed E-state index contributed by atoms with van der Waals surface area (Å²) in [6.45, 7) is 8.36. The third kappa shape index (κ3) is 4.96. The molecule has 2 heterocycles. The van der Waals surface area contributed by atoms with Gasteiger partial charge in [0.2, 0.25) is 0 Å². The van der Waals surface area contributed by atoms with E-state index in [1.807, 2.05) is 0 Å². The molecular formula is C13H23ClN2S. The van der Waals surface area contributed by atoms with Gasteiger partial charge in [-0.2, -0.15) is 11.3 Å². The van der Waals surface area contributed by atoms with Crippen LogP contribution in [0.5, 0.6) is 0 Å². The summed E-state index contributed by atoms with van der Waals surface area (Å²) in [5, 5.41) is 7.95. The maximum absolute atomic E-state index is 3.57. The number of hydrogen-bond acceptors (Lipinski definition) is 3. The van der Waals surface area contributed by atoms with Gasteiger partial charge in [-0.05, 0) is 60.8 Å². The first-order valence-corrected chi connectivity index (χ1v) is 7.27. The lowest BCUT2D eigenvalue weighted by molar-refractivity contribution is 0.322. The van der Waals surface area contributed by atoms with Crippen molar-refractivity contribution in [3.63, 3.8) is 0 Å². The summed E-state index contributed by atoms with van der Waals surface area (Å²) in [4.78, 5) is 2.59. The lowest BCUT2D eigenvalue weighted by Crippen LogP contribution is -2.26. The van der Waals surface area contributed by atoms with Gasteiger partial charge in [0.1, 0.15) is 0 Å². The van der Waals surface area contributed by atoms with Gasteiger partial charge in [-0.15, -0.1) is 12.4 Å². The molecule has 1 aliphatic rings. The zero-order valence-electron chi connectivity index (χ0n) is 10.5. The minimum Gasteiger partial charge on any atom is -0.312 e. The molecule has 1 fully saturated rings. The maximum Gasteiger partial charge on any atom is 0.0213 e. The van der Waals surface area contributed by atoms with E-state index in [0.29, 0.717) is 0 Å². The number of likely N-dealkylation sites (tertiary alicyclic amines) is 1. The van der Waals surface area contributed by atoms with Crippen molar-refractivity contribution in [2.45, 2.75) is 26.3 Å². The van der Waals surface area contributed by atoms with Gasteiger partial charge in [-0.25, -0.2) is 0 Å². The molecule has 1 N–H and O–H groups in total. The van der Waals surface area contributed by atoms with Gasteiger partial charge in [0.25, 0.3) is 0 Å². The van der Waals surface area contributed by atoms with E-state index in [1.54, 1.807) is 11.3 Å². The standard InChI is InChI=1S/C13H22N2S.ClH/c1-2-5-15-6-3-12(10-15)8-14-9-13-4-7-16-11-13;/h4,7,11-12,14H,2-3,5-6,8-10H2,1H3;1H. The molecule has 0 saturated carbocycles. The van der Waals surface area contributed by atoms with Gasteiger partial charge in [-0.3, -0.25) is 0 Å². The molecular weight excluding hydrogens is 252 g/mol. The van der Waals surface area contributed by atoms with Crippen LogP contribution in [-0.4, -0.2) is 31.1 Å². The quantitative estimate of drug-likeness (QED) is 0.858. The summed E-state index contributed by atoms with van der Waals surface area (Å²) in [5.41, 5.74) is 1.42. The number of rotatable bonds is 6. The lowest BCUT2D eigenvalue weighted by atomic mass is 10.1. The van der Waals surface area contributed by atoms with E-state index >= 15 is 0 Å². The summed E-state index contributed by atoms with van der Waals surface area (Å²) in [5.74, 6) is 0.866. The summed E-state index contributed by atoms with van der Waals surface area (Å²) in [7, 11) is 0. The predicted octanol–water partition coefficient (Wildman–Crippen LogP) is 2.99. The van der Waals surface area contributed by atoms with Crippen LogP contribution < -0.4 is 5.32 Å². The lowest BCUT2D eigenvalue weighted by Gasteiger charge is -2.14. The minimum atomic E-state index is 0. The first-order valence-electron chi connectivity index (χ1n) is 6.32. The fraction of sp³-hybridized carbons (Fsp3) is 0.692. The molecule has 0 aliphatic carbocycles. The van der Waals surface area contributed by atoms with Gasteiger partial charge < -0.3 is 10.2 Å². The Bertz CT molecular complexity index is 290. The van der Waals surface area contributed by atoms with Crippen molar-refractivity contribution in [1.29, 1.82) is 0 Å². The molecule has 1 aromatic heterocycles. The van der Waals surface area contributed by atoms with Crippen molar-refractivity contribution in [2.75, 3.05) is 26.2 Å². The molecule has 0 radical (unpaired) electrons. The van der Waals surface area contributed by atoms with E-state index in [0.717, 1.165) is 12.5 Å². The number of nitrogens with one attached hydrogen (secondary N) is 1. The monoisotopic (exact) mass is 274 g/mol. The third-order valence-corrected chi connectivity index (χ3v) is 3.98. The summed E-state index contributed by atoms with van der Waals surface area (Å²) < 4.78 is 0. The van der Waals surface area contributed by atoms with Crippen molar-refractivity contribution < 1.29 is 0 Å². The van der Waals surface area contributed by atoms with Crippen LogP contribution in [0, 0.1) is 5.92 Å². The Morgan fingerprint density at radius 3 is 3.12 bits per heavy atom. The Hall–Kier alpha value is -0.0900. The first-order chi connectivity index (χ1) is 7.88. The molecule has 98 valence electrons. The number of nitrogens with zero attached hydrogens (tertiary/aromatic N) is 1. The summed E-state index contributed by atoms with van der Waals surface area (Å²) in [6, 6.07) is 2.20. The largest absolute Gasteiger partial charge is 0.312 e. The average Bonchev–Trinajstić information content (AvgIpc) is 2.90. The molecule has 1 unspecified atom stereocenters. The van der Waals surface area contributed by atoms with Gasteiger partial charge in [0.15, 0.2) is 0 Å². The highest BCUT2D eigenvalue weighted by atomic mass is 35.5. The third-order valence-electron chi connectivity index (χ3n) is 3.25. The molecule has 0 aromatic carbocycles. The first kappa shape index (κ1) is 15.0.